The molecule has 0 radical (unpaired) electrons. The van der Waals surface area contributed by atoms with Crippen molar-refractivity contribution < 1.29 is 9.13 Å². The number of rotatable bonds is 6. The van der Waals surface area contributed by atoms with Crippen molar-refractivity contribution in [3.63, 3.8) is 0 Å². The first-order chi connectivity index (χ1) is 17.5. The molecule has 1 aliphatic rings. The number of nitrogens with two attached hydrogens (primary N) is 1. The Balaban J connectivity index is 1.42. The number of benzene rings is 2. The van der Waals surface area contributed by atoms with E-state index in [-0.39, 0.29) is 17.4 Å². The van der Waals surface area contributed by atoms with Crippen LogP contribution in [0.3, 0.4) is 0 Å². The van der Waals surface area contributed by atoms with Crippen LogP contribution in [0, 0.1) is 11.7 Å². The maximum atomic E-state index is 16.0. The molecule has 9 heteroatoms. The van der Waals surface area contributed by atoms with Gasteiger partial charge in [-0.25, -0.2) is 24.0 Å². The van der Waals surface area contributed by atoms with E-state index in [1.165, 1.54) is 6.33 Å². The number of para-hydroxylation sites is 1. The summed E-state index contributed by atoms with van der Waals surface area (Å²) in [5, 5.41) is 6.06. The zero-order chi connectivity index (χ0) is 24.8. The van der Waals surface area contributed by atoms with Crippen LogP contribution in [-0.2, 0) is 0 Å². The first kappa shape index (κ1) is 22.4. The second-order valence-electron chi connectivity index (χ2n) is 9.57. The van der Waals surface area contributed by atoms with Crippen molar-refractivity contribution in [3.8, 4) is 22.9 Å². The van der Waals surface area contributed by atoms with E-state index >= 15 is 4.39 Å². The molecule has 3 aromatic heterocycles. The minimum absolute atomic E-state index is 0.188. The molecule has 1 fully saturated rings. The second-order valence-corrected chi connectivity index (χ2v) is 9.57. The average Bonchev–Trinajstić information content (AvgIpc) is 3.22. The monoisotopic (exact) mass is 483 g/mol. The molecule has 5 aromatic rings. The predicted molar refractivity (Wildman–Crippen MR) is 137 cm³/mol. The number of hydrogen-bond donors (Lipinski definition) is 1. The van der Waals surface area contributed by atoms with Crippen molar-refractivity contribution in [2.75, 3.05) is 26.4 Å². The quantitative estimate of drug-likeness (QED) is 0.360. The summed E-state index contributed by atoms with van der Waals surface area (Å²) in [4.78, 5) is 15.3. The summed E-state index contributed by atoms with van der Waals surface area (Å²) in [6, 6.07) is 16.5. The van der Waals surface area contributed by atoms with E-state index in [9.17, 15) is 0 Å². The molecule has 1 aliphatic carbocycles. The van der Waals surface area contributed by atoms with E-state index in [1.807, 2.05) is 41.1 Å². The van der Waals surface area contributed by atoms with Gasteiger partial charge in [-0.15, -0.1) is 0 Å². The lowest BCUT2D eigenvalue weighted by atomic mass is 9.80. The summed E-state index contributed by atoms with van der Waals surface area (Å²) in [6.45, 7) is 1.03. The van der Waals surface area contributed by atoms with Crippen molar-refractivity contribution in [2.24, 2.45) is 5.92 Å². The Kier molecular flexibility index (Phi) is 5.49. The molecule has 0 atom stereocenters. The molecular weight excluding hydrogens is 457 g/mol. The highest BCUT2D eigenvalue weighted by Crippen LogP contribution is 2.42. The Morgan fingerprint density at radius 3 is 2.61 bits per heavy atom. The molecule has 0 unspecified atom stereocenters. The minimum Gasteiger partial charge on any atom is -0.439 e. The van der Waals surface area contributed by atoms with Crippen molar-refractivity contribution in [3.05, 3.63) is 66.7 Å². The highest BCUT2D eigenvalue weighted by molar-refractivity contribution is 6.00. The summed E-state index contributed by atoms with van der Waals surface area (Å²) in [5.74, 6) is 1.32. The van der Waals surface area contributed by atoms with Crippen molar-refractivity contribution in [1.29, 1.82) is 0 Å². The van der Waals surface area contributed by atoms with Gasteiger partial charge in [0.25, 0.3) is 0 Å². The van der Waals surface area contributed by atoms with Crippen LogP contribution in [0.25, 0.3) is 33.2 Å². The molecule has 0 aliphatic heterocycles. The van der Waals surface area contributed by atoms with E-state index in [4.69, 9.17) is 15.6 Å². The summed E-state index contributed by atoms with van der Waals surface area (Å²) >= 11 is 0. The normalized spacial score (nSPS) is 17.6. The molecule has 1 saturated carbocycles. The zero-order valence-electron chi connectivity index (χ0n) is 20.1. The number of ether oxygens (including phenoxy) is 1. The fourth-order valence-corrected chi connectivity index (χ4v) is 4.99. The van der Waals surface area contributed by atoms with Crippen LogP contribution in [-0.4, -0.2) is 50.3 Å². The van der Waals surface area contributed by atoms with Gasteiger partial charge in [0, 0.05) is 23.6 Å². The predicted octanol–water partition coefficient (Wildman–Crippen LogP) is 5.07. The second kappa shape index (κ2) is 8.83. The molecule has 0 amide bonds. The molecule has 8 nitrogen and oxygen atoms in total. The van der Waals surface area contributed by atoms with E-state index in [2.05, 4.69) is 33.9 Å². The molecule has 2 aromatic carbocycles. The molecule has 6 rings (SSSR count). The molecule has 182 valence electrons. The van der Waals surface area contributed by atoms with Gasteiger partial charge in [0.05, 0.1) is 11.4 Å². The Bertz CT molecular complexity index is 1560. The van der Waals surface area contributed by atoms with Crippen LogP contribution in [0.15, 0.2) is 60.9 Å². The van der Waals surface area contributed by atoms with Gasteiger partial charge in [-0.1, -0.05) is 24.3 Å². The number of halogens is 1. The minimum atomic E-state index is -0.486. The standard InChI is InChI=1S/C27H26FN7O/c1-34(2)14-16-12-18(13-16)35-27-22(26(29)30-15-31-27)25(33-35)20-10-8-17-9-11-21(32-24(17)23(20)28)36-19-6-4-3-5-7-19/h3-11,15-16,18H,12-14H2,1-2H3,(H2,29,30,31). The summed E-state index contributed by atoms with van der Waals surface area (Å²) in [5.41, 5.74) is 7.82. The average molecular weight is 484 g/mol. The van der Waals surface area contributed by atoms with Gasteiger partial charge < -0.3 is 15.4 Å². The first-order valence-corrected chi connectivity index (χ1v) is 11.9. The van der Waals surface area contributed by atoms with Crippen molar-refractivity contribution in [2.45, 2.75) is 18.9 Å². The van der Waals surface area contributed by atoms with Gasteiger partial charge >= 0.3 is 0 Å². The van der Waals surface area contributed by atoms with Crippen LogP contribution in [0.2, 0.25) is 0 Å². The van der Waals surface area contributed by atoms with Crippen LogP contribution in [0.1, 0.15) is 18.9 Å². The third kappa shape index (κ3) is 3.91. The maximum absolute atomic E-state index is 16.0. The number of fused-ring (bicyclic) bond motifs is 2. The molecular formula is C27H26FN7O. The van der Waals surface area contributed by atoms with E-state index in [0.29, 0.717) is 45.2 Å². The zero-order valence-corrected chi connectivity index (χ0v) is 20.1. The smallest absolute Gasteiger partial charge is 0.219 e. The number of nitrogen functional groups attached to an aromatic ring is 1. The van der Waals surface area contributed by atoms with E-state index in [0.717, 1.165) is 19.4 Å². The van der Waals surface area contributed by atoms with Crippen molar-refractivity contribution in [1.82, 2.24) is 29.6 Å². The molecule has 0 bridgehead atoms. The Morgan fingerprint density at radius 2 is 1.83 bits per heavy atom. The van der Waals surface area contributed by atoms with Crippen LogP contribution in [0.4, 0.5) is 10.2 Å². The number of pyridine rings is 1. The third-order valence-electron chi connectivity index (χ3n) is 6.69. The Hall–Kier alpha value is -4.11. The Labute approximate surface area is 207 Å². The maximum Gasteiger partial charge on any atom is 0.219 e. The van der Waals surface area contributed by atoms with Gasteiger partial charge in [-0.05, 0) is 57.1 Å². The van der Waals surface area contributed by atoms with Gasteiger partial charge in [-0.3, -0.25) is 0 Å². The van der Waals surface area contributed by atoms with E-state index in [1.54, 1.807) is 18.2 Å². The SMILES string of the molecule is CN(C)CC1CC(n2nc(-c3ccc4ccc(Oc5ccccc5)nc4c3F)c3c(N)ncnc32)C1. The van der Waals surface area contributed by atoms with Crippen LogP contribution < -0.4 is 10.5 Å². The van der Waals surface area contributed by atoms with Crippen LogP contribution >= 0.6 is 0 Å². The number of aromatic nitrogens is 5. The lowest BCUT2D eigenvalue weighted by Gasteiger charge is -2.37. The number of hydrogen-bond acceptors (Lipinski definition) is 7. The van der Waals surface area contributed by atoms with Crippen molar-refractivity contribution >= 4 is 27.8 Å². The number of nitrogens with zero attached hydrogens (tertiary/aromatic N) is 6. The number of anilines is 1. The largest absolute Gasteiger partial charge is 0.439 e. The highest BCUT2D eigenvalue weighted by atomic mass is 19.1. The molecule has 3 heterocycles. The lowest BCUT2D eigenvalue weighted by molar-refractivity contribution is 0.149. The molecule has 2 N–H and O–H groups in total. The fourth-order valence-electron chi connectivity index (χ4n) is 4.99. The van der Waals surface area contributed by atoms with Gasteiger partial charge in [0.15, 0.2) is 11.5 Å². The molecule has 36 heavy (non-hydrogen) atoms. The van der Waals surface area contributed by atoms with E-state index < -0.39 is 5.82 Å². The third-order valence-corrected chi connectivity index (χ3v) is 6.69. The fraction of sp³-hybridized carbons (Fsp3) is 0.259. The first-order valence-electron chi connectivity index (χ1n) is 11.9. The summed E-state index contributed by atoms with van der Waals surface area (Å²) in [7, 11) is 4.16. The molecule has 0 saturated heterocycles. The lowest BCUT2D eigenvalue weighted by Crippen LogP contribution is -2.34. The van der Waals surface area contributed by atoms with Gasteiger partial charge in [-0.2, -0.15) is 5.10 Å². The van der Waals surface area contributed by atoms with Gasteiger partial charge in [0.2, 0.25) is 5.88 Å². The Morgan fingerprint density at radius 1 is 1.06 bits per heavy atom. The summed E-state index contributed by atoms with van der Waals surface area (Å²) < 4.78 is 23.7. The van der Waals surface area contributed by atoms with Gasteiger partial charge in [0.1, 0.15) is 29.1 Å². The highest BCUT2D eigenvalue weighted by Gasteiger charge is 2.34. The van der Waals surface area contributed by atoms with Crippen LogP contribution in [0.5, 0.6) is 11.6 Å². The molecule has 0 spiro atoms. The topological polar surface area (TPSA) is 95.0 Å². The summed E-state index contributed by atoms with van der Waals surface area (Å²) in [6.07, 6.45) is 3.40.